The van der Waals surface area contributed by atoms with Gasteiger partial charge in [-0.15, -0.1) is 0 Å². The van der Waals surface area contributed by atoms with Crippen LogP contribution in [0.1, 0.15) is 0 Å². The predicted octanol–water partition coefficient (Wildman–Crippen LogP) is 0.801. The van der Waals surface area contributed by atoms with Crippen LogP contribution in [0.5, 0.6) is 0 Å². The van der Waals surface area contributed by atoms with Gasteiger partial charge in [-0.05, 0) is 0 Å². The summed E-state index contributed by atoms with van der Waals surface area (Å²) in [5.74, 6) is 0. The molecule has 2 rings (SSSR count). The van der Waals surface area contributed by atoms with E-state index in [1.807, 2.05) is 0 Å². The molecule has 26 heavy (non-hydrogen) atoms. The summed E-state index contributed by atoms with van der Waals surface area (Å²) in [4.78, 5) is 40.2. The number of rotatable bonds is 4. The van der Waals surface area contributed by atoms with Gasteiger partial charge in [0.05, 0.1) is 19.7 Å². The molecule has 0 fully saturated rings. The minimum absolute atomic E-state index is 0.886. The van der Waals surface area contributed by atoms with Crippen LogP contribution in [0, 0.1) is 40.5 Å². The van der Waals surface area contributed by atoms with Crippen LogP contribution >= 0.6 is 0 Å². The normalized spacial score (nSPS) is 10.6. The smallest absolute Gasteiger partial charge is 0.322 e. The van der Waals surface area contributed by atoms with Crippen LogP contribution < -0.4 is 22.9 Å². The van der Waals surface area contributed by atoms with Gasteiger partial charge in [-0.3, -0.25) is 40.5 Å². The molecule has 0 radical (unpaired) electrons. The highest BCUT2D eigenvalue weighted by Crippen LogP contribution is 2.54. The lowest BCUT2D eigenvalue weighted by molar-refractivity contribution is -0.393. The molecule has 8 N–H and O–H groups in total. The standard InChI is InChI=1S/C10H8N8O8/c11-3-1-2(8(16(21)22)6(14)9(3)17(23)24)4(12)10(18(25)26)5(13)7(1)15(19)20/h11-14H2. The maximum atomic E-state index is 11.4. The maximum absolute atomic E-state index is 11.4. The highest BCUT2D eigenvalue weighted by Gasteiger charge is 2.41. The SMILES string of the molecule is Nc1c([N+](=O)[O-])c(N)c2c([N+](=O)[O-])c(N)c([N+](=O)[O-])c(N)c2c1[N+](=O)[O-]. The second kappa shape index (κ2) is 5.54. The molecule has 2 aromatic rings. The number of anilines is 4. The van der Waals surface area contributed by atoms with Gasteiger partial charge in [-0.1, -0.05) is 0 Å². The summed E-state index contributed by atoms with van der Waals surface area (Å²) in [6, 6.07) is 0. The van der Waals surface area contributed by atoms with Crippen molar-refractivity contribution in [3.63, 3.8) is 0 Å². The number of fused-ring (bicyclic) bond motifs is 1. The van der Waals surface area contributed by atoms with E-state index in [0.717, 1.165) is 0 Å². The van der Waals surface area contributed by atoms with Crippen molar-refractivity contribution in [2.45, 2.75) is 0 Å². The molecule has 0 aliphatic carbocycles. The molecule has 136 valence electrons. The molecule has 0 amide bonds. The van der Waals surface area contributed by atoms with Crippen molar-refractivity contribution < 1.29 is 19.7 Å². The minimum Gasteiger partial charge on any atom is -0.392 e. The van der Waals surface area contributed by atoms with E-state index in [-0.39, 0.29) is 0 Å². The Labute approximate surface area is 140 Å². The largest absolute Gasteiger partial charge is 0.392 e. The summed E-state index contributed by atoms with van der Waals surface area (Å²) < 4.78 is 0. The summed E-state index contributed by atoms with van der Waals surface area (Å²) in [6.45, 7) is 0. The number of nitrogen functional groups attached to an aromatic ring is 4. The van der Waals surface area contributed by atoms with Crippen molar-refractivity contribution in [1.29, 1.82) is 0 Å². The third kappa shape index (κ3) is 2.17. The first-order valence-electron chi connectivity index (χ1n) is 6.26. The van der Waals surface area contributed by atoms with Crippen LogP contribution in [0.25, 0.3) is 10.8 Å². The van der Waals surface area contributed by atoms with Gasteiger partial charge in [0.25, 0.3) is 0 Å². The van der Waals surface area contributed by atoms with Gasteiger partial charge >= 0.3 is 22.7 Å². The first-order valence-corrected chi connectivity index (χ1v) is 6.26. The van der Waals surface area contributed by atoms with E-state index in [1.165, 1.54) is 0 Å². The number of hydrogen-bond acceptors (Lipinski definition) is 12. The fourth-order valence-electron chi connectivity index (χ4n) is 2.55. The van der Waals surface area contributed by atoms with Crippen LogP contribution in [0.3, 0.4) is 0 Å². The molecular weight excluding hydrogens is 360 g/mol. The quantitative estimate of drug-likeness (QED) is 0.331. The van der Waals surface area contributed by atoms with E-state index in [0.29, 0.717) is 0 Å². The van der Waals surface area contributed by atoms with Gasteiger partial charge in [0, 0.05) is 0 Å². The van der Waals surface area contributed by atoms with Crippen molar-refractivity contribution in [1.82, 2.24) is 0 Å². The average molecular weight is 368 g/mol. The highest BCUT2D eigenvalue weighted by molar-refractivity contribution is 6.21. The Morgan fingerprint density at radius 1 is 0.462 bits per heavy atom. The van der Waals surface area contributed by atoms with Crippen molar-refractivity contribution in [3.8, 4) is 0 Å². The molecule has 0 saturated heterocycles. The number of benzene rings is 2. The third-order valence-electron chi connectivity index (χ3n) is 3.52. The summed E-state index contributed by atoms with van der Waals surface area (Å²) in [6.07, 6.45) is 0. The Balaban J connectivity index is 3.43. The molecule has 0 saturated carbocycles. The summed E-state index contributed by atoms with van der Waals surface area (Å²) in [5.41, 5.74) is 13.1. The molecule has 0 unspecified atom stereocenters. The summed E-state index contributed by atoms with van der Waals surface area (Å²) >= 11 is 0. The highest BCUT2D eigenvalue weighted by atomic mass is 16.6. The van der Waals surface area contributed by atoms with Crippen LogP contribution in [0.2, 0.25) is 0 Å². The lowest BCUT2D eigenvalue weighted by Gasteiger charge is -2.12. The van der Waals surface area contributed by atoms with Crippen molar-refractivity contribution in [2.75, 3.05) is 22.9 Å². The third-order valence-corrected chi connectivity index (χ3v) is 3.52. The Hall–Kier alpha value is -4.50. The second-order valence-electron chi connectivity index (χ2n) is 4.83. The fraction of sp³-hybridized carbons (Fsp3) is 0. The molecule has 0 heterocycles. The van der Waals surface area contributed by atoms with Crippen molar-refractivity contribution >= 4 is 56.3 Å². The van der Waals surface area contributed by atoms with Crippen LogP contribution in [-0.4, -0.2) is 19.7 Å². The molecule has 16 nitrogen and oxygen atoms in total. The molecule has 0 aliphatic heterocycles. The molecule has 0 bridgehead atoms. The lowest BCUT2D eigenvalue weighted by Crippen LogP contribution is -2.11. The molecule has 0 spiro atoms. The van der Waals surface area contributed by atoms with E-state index in [9.17, 15) is 40.5 Å². The number of hydrogen-bond donors (Lipinski definition) is 4. The van der Waals surface area contributed by atoms with Gasteiger partial charge in [0.1, 0.15) is 22.1 Å². The van der Waals surface area contributed by atoms with Crippen molar-refractivity contribution in [3.05, 3.63) is 40.5 Å². The molecule has 2 aromatic carbocycles. The zero-order chi connectivity index (χ0) is 20.1. The first-order chi connectivity index (χ1) is 11.9. The summed E-state index contributed by atoms with van der Waals surface area (Å²) in [7, 11) is 0. The Morgan fingerprint density at radius 2 is 0.692 bits per heavy atom. The van der Waals surface area contributed by atoms with Gasteiger partial charge in [-0.25, -0.2) is 0 Å². The Kier molecular flexibility index (Phi) is 3.81. The van der Waals surface area contributed by atoms with E-state index in [1.54, 1.807) is 0 Å². The molecule has 16 heteroatoms. The molecular formula is C10H8N8O8. The van der Waals surface area contributed by atoms with E-state index in [4.69, 9.17) is 22.9 Å². The number of nitro groups is 4. The zero-order valence-corrected chi connectivity index (χ0v) is 12.4. The van der Waals surface area contributed by atoms with Gasteiger partial charge in [-0.2, -0.15) is 0 Å². The number of nitrogens with zero attached hydrogens (tertiary/aromatic N) is 4. The minimum atomic E-state index is -1.23. The Morgan fingerprint density at radius 3 is 0.885 bits per heavy atom. The second-order valence-corrected chi connectivity index (χ2v) is 4.83. The lowest BCUT2D eigenvalue weighted by atomic mass is 9.97. The topological polar surface area (TPSA) is 277 Å². The van der Waals surface area contributed by atoms with Gasteiger partial charge in [0.2, 0.25) is 0 Å². The molecule has 0 aliphatic rings. The molecule has 0 aromatic heterocycles. The average Bonchev–Trinajstić information content (AvgIpc) is 2.46. The van der Waals surface area contributed by atoms with Crippen LogP contribution in [0.15, 0.2) is 0 Å². The van der Waals surface area contributed by atoms with Gasteiger partial charge in [0.15, 0.2) is 11.4 Å². The van der Waals surface area contributed by atoms with Crippen molar-refractivity contribution in [2.24, 2.45) is 0 Å². The maximum Gasteiger partial charge on any atom is 0.322 e. The monoisotopic (exact) mass is 368 g/mol. The Bertz CT molecular complexity index is 965. The fourth-order valence-corrected chi connectivity index (χ4v) is 2.55. The first kappa shape index (κ1) is 17.8. The van der Waals surface area contributed by atoms with E-state index >= 15 is 0 Å². The number of nitrogens with two attached hydrogens (primary N) is 4. The van der Waals surface area contributed by atoms with Crippen LogP contribution in [-0.2, 0) is 0 Å². The molecule has 0 atom stereocenters. The van der Waals surface area contributed by atoms with E-state index < -0.39 is 76.0 Å². The van der Waals surface area contributed by atoms with Gasteiger partial charge < -0.3 is 22.9 Å². The number of nitro benzene ring substituents is 4. The van der Waals surface area contributed by atoms with E-state index in [2.05, 4.69) is 0 Å². The zero-order valence-electron chi connectivity index (χ0n) is 12.4. The summed E-state index contributed by atoms with van der Waals surface area (Å²) in [5, 5.41) is 43.3. The predicted molar refractivity (Wildman–Crippen MR) is 88.2 cm³/mol. The van der Waals surface area contributed by atoms with Crippen LogP contribution in [0.4, 0.5) is 45.5 Å².